The van der Waals surface area contributed by atoms with E-state index >= 15 is 0 Å². The monoisotopic (exact) mass is 449 g/mol. The number of nitrogens with zero attached hydrogens (tertiary/aromatic N) is 3. The topological polar surface area (TPSA) is 52.6 Å². The molecule has 0 unspecified atom stereocenters. The van der Waals surface area contributed by atoms with Crippen LogP contribution in [-0.2, 0) is 12.8 Å². The van der Waals surface area contributed by atoms with Gasteiger partial charge in [0.25, 0.3) is 0 Å². The zero-order valence-electron chi connectivity index (χ0n) is 18.3. The lowest BCUT2D eigenvalue weighted by atomic mass is 10.0. The van der Waals surface area contributed by atoms with Gasteiger partial charge < -0.3 is 15.5 Å². The summed E-state index contributed by atoms with van der Waals surface area (Å²) in [6.45, 7) is 4.90. The van der Waals surface area contributed by atoms with Crippen LogP contribution in [0.1, 0.15) is 36.0 Å². The van der Waals surface area contributed by atoms with Crippen LogP contribution in [0.5, 0.6) is 0 Å². The van der Waals surface area contributed by atoms with Crippen molar-refractivity contribution < 1.29 is 4.39 Å². The van der Waals surface area contributed by atoms with E-state index in [1.54, 1.807) is 23.5 Å². The Hall–Kier alpha value is -2.77. The second-order valence-corrected chi connectivity index (χ2v) is 9.42. The number of aliphatic imine (C=N–C) groups is 1. The summed E-state index contributed by atoms with van der Waals surface area (Å²) in [5.74, 6) is 0.785. The van der Waals surface area contributed by atoms with Gasteiger partial charge in [-0.1, -0.05) is 31.2 Å². The predicted octanol–water partition coefficient (Wildman–Crippen LogP) is 5.28. The van der Waals surface area contributed by atoms with Crippen LogP contribution in [0.4, 0.5) is 20.8 Å². The van der Waals surface area contributed by atoms with E-state index in [0.717, 1.165) is 83.8 Å². The lowest BCUT2D eigenvalue weighted by molar-refractivity contribution is 0.383. The van der Waals surface area contributed by atoms with Crippen molar-refractivity contribution in [3.8, 4) is 0 Å². The number of halogens is 1. The summed E-state index contributed by atoms with van der Waals surface area (Å²) in [5, 5.41) is 9.44. The third kappa shape index (κ3) is 4.54. The van der Waals surface area contributed by atoms with Gasteiger partial charge >= 0.3 is 0 Å². The SMILES string of the molecule is CCc1nc2c(s1)Nc1ccccc1N=C2N1CCCN[C@@H](CCc2cccc(F)c2)C1. The Morgan fingerprint density at radius 2 is 2.09 bits per heavy atom. The van der Waals surface area contributed by atoms with Crippen LogP contribution < -0.4 is 10.6 Å². The standard InChI is InChI=1S/C25H28FN5S/c1-2-22-30-23-24(28-20-9-3-4-10-21(20)29-25(23)32-22)31-14-6-13-27-19(16-31)12-11-17-7-5-8-18(26)15-17/h3-5,7-10,15,19,27,29H,2,6,11-14,16H2,1H3/t19-/m0/s1. The first-order valence-electron chi connectivity index (χ1n) is 11.4. The maximum atomic E-state index is 13.6. The van der Waals surface area contributed by atoms with Crippen molar-refractivity contribution in [2.75, 3.05) is 25.0 Å². The van der Waals surface area contributed by atoms with E-state index in [1.807, 2.05) is 18.2 Å². The summed E-state index contributed by atoms with van der Waals surface area (Å²) < 4.78 is 13.6. The molecule has 2 aromatic carbocycles. The highest BCUT2D eigenvalue weighted by atomic mass is 32.1. The number of benzene rings is 2. The minimum absolute atomic E-state index is 0.167. The highest BCUT2D eigenvalue weighted by Gasteiger charge is 2.28. The van der Waals surface area contributed by atoms with Crippen molar-refractivity contribution in [3.63, 3.8) is 0 Å². The second-order valence-electron chi connectivity index (χ2n) is 8.34. The Labute approximate surface area is 192 Å². The van der Waals surface area contributed by atoms with Crippen molar-refractivity contribution in [2.45, 2.75) is 38.6 Å². The number of aryl methyl sites for hydroxylation is 2. The zero-order chi connectivity index (χ0) is 21.9. The number of nitrogens with one attached hydrogen (secondary N) is 2. The third-order valence-corrected chi connectivity index (χ3v) is 7.13. The van der Waals surface area contributed by atoms with Gasteiger partial charge in [-0.25, -0.2) is 14.4 Å². The molecule has 2 N–H and O–H groups in total. The molecule has 3 heterocycles. The van der Waals surface area contributed by atoms with Gasteiger partial charge in [-0.05, 0) is 62.1 Å². The molecule has 5 nitrogen and oxygen atoms in total. The second kappa shape index (κ2) is 9.38. The number of para-hydroxylation sites is 2. The van der Waals surface area contributed by atoms with Gasteiger partial charge in [0.2, 0.25) is 0 Å². The van der Waals surface area contributed by atoms with Crippen LogP contribution >= 0.6 is 11.3 Å². The summed E-state index contributed by atoms with van der Waals surface area (Å²) in [6.07, 6.45) is 3.75. The van der Waals surface area contributed by atoms with Crippen molar-refractivity contribution in [1.82, 2.24) is 15.2 Å². The summed E-state index contributed by atoms with van der Waals surface area (Å²) >= 11 is 1.71. The molecule has 1 atom stereocenters. The Morgan fingerprint density at radius 1 is 1.19 bits per heavy atom. The van der Waals surface area contributed by atoms with Crippen molar-refractivity contribution >= 4 is 33.5 Å². The number of amidine groups is 1. The Kier molecular flexibility index (Phi) is 6.19. The minimum Gasteiger partial charge on any atom is -0.353 e. The van der Waals surface area contributed by atoms with Crippen LogP contribution in [-0.4, -0.2) is 41.4 Å². The van der Waals surface area contributed by atoms with Crippen LogP contribution in [0.25, 0.3) is 0 Å². The Balaban J connectivity index is 1.42. The molecular weight excluding hydrogens is 421 g/mol. The van der Waals surface area contributed by atoms with E-state index in [-0.39, 0.29) is 5.82 Å². The normalized spacial score (nSPS) is 18.1. The molecule has 1 aromatic heterocycles. The summed E-state index contributed by atoms with van der Waals surface area (Å²) in [5.41, 5.74) is 3.96. The first-order valence-corrected chi connectivity index (χ1v) is 12.2. The molecular formula is C25H28FN5S. The number of anilines is 2. The molecule has 32 heavy (non-hydrogen) atoms. The highest BCUT2D eigenvalue weighted by Crippen LogP contribution is 2.38. The van der Waals surface area contributed by atoms with Gasteiger partial charge in [-0.2, -0.15) is 0 Å². The van der Waals surface area contributed by atoms with E-state index in [4.69, 9.17) is 9.98 Å². The molecule has 3 aromatic rings. The summed E-state index contributed by atoms with van der Waals surface area (Å²) in [7, 11) is 0. The Bertz CT molecular complexity index is 1130. The van der Waals surface area contributed by atoms with Crippen molar-refractivity contribution in [2.24, 2.45) is 4.99 Å². The first kappa shape index (κ1) is 21.1. The average molecular weight is 450 g/mol. The van der Waals surface area contributed by atoms with Crippen molar-refractivity contribution in [3.05, 3.63) is 70.6 Å². The quantitative estimate of drug-likeness (QED) is 0.569. The van der Waals surface area contributed by atoms with Gasteiger partial charge in [0.1, 0.15) is 16.5 Å². The molecule has 0 saturated carbocycles. The first-order chi connectivity index (χ1) is 15.7. The molecule has 5 rings (SSSR count). The molecule has 0 bridgehead atoms. The molecule has 0 spiro atoms. The van der Waals surface area contributed by atoms with Gasteiger partial charge in [-0.15, -0.1) is 11.3 Å². The van der Waals surface area contributed by atoms with Gasteiger partial charge in [0, 0.05) is 19.1 Å². The van der Waals surface area contributed by atoms with E-state index in [2.05, 4.69) is 34.6 Å². The molecule has 7 heteroatoms. The fourth-order valence-corrected chi connectivity index (χ4v) is 5.27. The molecule has 2 aliphatic heterocycles. The van der Waals surface area contributed by atoms with E-state index in [0.29, 0.717) is 6.04 Å². The lowest BCUT2D eigenvalue weighted by Gasteiger charge is -2.27. The number of aromatic nitrogens is 1. The number of fused-ring (bicyclic) bond motifs is 2. The zero-order valence-corrected chi connectivity index (χ0v) is 19.1. The van der Waals surface area contributed by atoms with Gasteiger partial charge in [0.05, 0.1) is 16.4 Å². The molecule has 166 valence electrons. The minimum atomic E-state index is -0.167. The largest absolute Gasteiger partial charge is 0.353 e. The Morgan fingerprint density at radius 3 is 2.97 bits per heavy atom. The van der Waals surface area contributed by atoms with Crippen LogP contribution in [0.15, 0.2) is 53.5 Å². The average Bonchev–Trinajstić information content (AvgIpc) is 2.97. The molecule has 0 aliphatic carbocycles. The van der Waals surface area contributed by atoms with Crippen LogP contribution in [0.2, 0.25) is 0 Å². The number of rotatable bonds is 4. The maximum absolute atomic E-state index is 13.6. The van der Waals surface area contributed by atoms with E-state index < -0.39 is 0 Å². The molecule has 1 saturated heterocycles. The maximum Gasteiger partial charge on any atom is 0.158 e. The highest BCUT2D eigenvalue weighted by molar-refractivity contribution is 7.16. The third-order valence-electron chi connectivity index (χ3n) is 6.01. The van der Waals surface area contributed by atoms with Gasteiger partial charge in [0.15, 0.2) is 5.84 Å². The summed E-state index contributed by atoms with van der Waals surface area (Å²) in [6, 6.07) is 15.4. The number of hydrogen-bond acceptors (Lipinski definition) is 6. The van der Waals surface area contributed by atoms with E-state index in [1.165, 1.54) is 6.07 Å². The van der Waals surface area contributed by atoms with Gasteiger partial charge in [-0.3, -0.25) is 0 Å². The summed E-state index contributed by atoms with van der Waals surface area (Å²) in [4.78, 5) is 12.4. The fourth-order valence-electron chi connectivity index (χ4n) is 4.36. The molecule has 2 aliphatic rings. The van der Waals surface area contributed by atoms with Crippen molar-refractivity contribution in [1.29, 1.82) is 0 Å². The number of thiazole rings is 1. The van der Waals surface area contributed by atoms with Crippen LogP contribution in [0, 0.1) is 5.82 Å². The van der Waals surface area contributed by atoms with Crippen LogP contribution in [0.3, 0.4) is 0 Å². The molecule has 1 fully saturated rings. The fraction of sp³-hybridized carbons (Fsp3) is 0.360. The van der Waals surface area contributed by atoms with E-state index in [9.17, 15) is 4.39 Å². The smallest absolute Gasteiger partial charge is 0.158 e. The predicted molar refractivity (Wildman–Crippen MR) is 130 cm³/mol. The molecule has 0 radical (unpaired) electrons. The number of hydrogen-bond donors (Lipinski definition) is 2. The molecule has 0 amide bonds. The lowest BCUT2D eigenvalue weighted by Crippen LogP contribution is -2.41.